The third-order valence-electron chi connectivity index (χ3n) is 3.50. The van der Waals surface area contributed by atoms with Crippen molar-refractivity contribution < 1.29 is 18.6 Å². The molecule has 0 amide bonds. The van der Waals surface area contributed by atoms with E-state index in [0.717, 1.165) is 25.7 Å². The van der Waals surface area contributed by atoms with Crippen LogP contribution in [0.4, 0.5) is 0 Å². The lowest BCUT2D eigenvalue weighted by atomic mass is 9.99. The Morgan fingerprint density at radius 2 is 1.78 bits per heavy atom. The van der Waals surface area contributed by atoms with E-state index < -0.39 is 20.2 Å². The van der Waals surface area contributed by atoms with Gasteiger partial charge in [0.25, 0.3) is 0 Å². The number of nitrogens with one attached hydrogen (secondary N) is 1. The van der Waals surface area contributed by atoms with Gasteiger partial charge in [-0.25, -0.2) is 5.09 Å². The SMILES string of the molecule is CCCC(CCC)COC(=O)[C@H](C)N[PH](=O)Oc1ccccc1. The molecule has 0 bridgehead atoms. The number of esters is 1. The smallest absolute Gasteiger partial charge is 0.323 e. The fraction of sp³-hybridized carbons (Fsp3) is 0.588. The summed E-state index contributed by atoms with van der Waals surface area (Å²) in [6.45, 7) is 6.31. The van der Waals surface area contributed by atoms with Crippen molar-refractivity contribution >= 4 is 14.1 Å². The minimum Gasteiger partial charge on any atom is -0.464 e. The van der Waals surface area contributed by atoms with Crippen LogP contribution < -0.4 is 9.61 Å². The molecular formula is C17H28NO4P. The zero-order valence-electron chi connectivity index (χ0n) is 14.2. The molecule has 0 spiro atoms. The molecule has 0 radical (unpaired) electrons. The van der Waals surface area contributed by atoms with E-state index in [1.807, 2.05) is 6.07 Å². The summed E-state index contributed by atoms with van der Waals surface area (Å²) in [7, 11) is -2.54. The molecule has 0 aliphatic heterocycles. The number of benzene rings is 1. The van der Waals surface area contributed by atoms with Gasteiger partial charge in [0.15, 0.2) is 0 Å². The summed E-state index contributed by atoms with van der Waals surface area (Å²) in [5, 5.41) is 2.67. The van der Waals surface area contributed by atoms with Crippen LogP contribution in [0.3, 0.4) is 0 Å². The second-order valence-electron chi connectivity index (χ2n) is 5.64. The molecule has 0 fully saturated rings. The number of carbonyl (C=O) groups excluding carboxylic acids is 1. The Bertz CT molecular complexity index is 475. The molecule has 130 valence electrons. The van der Waals surface area contributed by atoms with Gasteiger partial charge in [-0.3, -0.25) is 9.36 Å². The topological polar surface area (TPSA) is 64.6 Å². The zero-order chi connectivity index (χ0) is 17.1. The molecular weight excluding hydrogens is 313 g/mol. The first-order valence-corrected chi connectivity index (χ1v) is 9.58. The molecule has 0 aliphatic rings. The van der Waals surface area contributed by atoms with E-state index in [-0.39, 0.29) is 0 Å². The molecule has 1 aromatic carbocycles. The Kier molecular flexibility index (Phi) is 9.65. The molecule has 1 rings (SSSR count). The van der Waals surface area contributed by atoms with Crippen LogP contribution >= 0.6 is 8.18 Å². The van der Waals surface area contributed by atoms with Crippen molar-refractivity contribution in [2.24, 2.45) is 5.92 Å². The number of carbonyl (C=O) groups is 1. The van der Waals surface area contributed by atoms with Crippen LogP contribution in [0.5, 0.6) is 5.75 Å². The summed E-state index contributed by atoms with van der Waals surface area (Å²) in [5.41, 5.74) is 0. The summed E-state index contributed by atoms with van der Waals surface area (Å²) < 4.78 is 22.5. The lowest BCUT2D eigenvalue weighted by molar-refractivity contribution is -0.146. The van der Waals surface area contributed by atoms with Crippen molar-refractivity contribution in [1.82, 2.24) is 5.09 Å². The van der Waals surface area contributed by atoms with Crippen molar-refractivity contribution in [2.45, 2.75) is 52.5 Å². The van der Waals surface area contributed by atoms with Crippen LogP contribution in [-0.4, -0.2) is 18.6 Å². The average Bonchev–Trinajstić information content (AvgIpc) is 2.53. The Balaban J connectivity index is 2.36. The van der Waals surface area contributed by atoms with Crippen molar-refractivity contribution in [3.63, 3.8) is 0 Å². The van der Waals surface area contributed by atoms with Gasteiger partial charge < -0.3 is 9.26 Å². The highest BCUT2D eigenvalue weighted by Crippen LogP contribution is 2.23. The van der Waals surface area contributed by atoms with E-state index >= 15 is 0 Å². The van der Waals surface area contributed by atoms with E-state index in [9.17, 15) is 9.36 Å². The number of rotatable bonds is 11. The summed E-state index contributed by atoms with van der Waals surface area (Å²) in [4.78, 5) is 12.0. The molecule has 0 heterocycles. The largest absolute Gasteiger partial charge is 0.464 e. The normalized spacial score (nSPS) is 13.6. The summed E-state index contributed by atoms with van der Waals surface area (Å²) >= 11 is 0. The molecule has 0 aliphatic carbocycles. The van der Waals surface area contributed by atoms with Crippen LogP contribution in [0.15, 0.2) is 30.3 Å². The van der Waals surface area contributed by atoms with Gasteiger partial charge in [0.2, 0.25) is 0 Å². The third kappa shape index (κ3) is 8.19. The Morgan fingerprint density at radius 1 is 1.17 bits per heavy atom. The van der Waals surface area contributed by atoms with Gasteiger partial charge in [-0.2, -0.15) is 0 Å². The number of hydrogen-bond acceptors (Lipinski definition) is 4. The standard InChI is InChI=1S/C17H28NO4P/c1-4-9-15(10-5-2)13-21-17(19)14(3)18-23(20)22-16-11-7-6-8-12-16/h6-8,11-12,14-15,23H,4-5,9-10,13H2,1-3H3,(H,18,20)/t14-/m0/s1. The number of hydrogen-bond donors (Lipinski definition) is 1. The predicted molar refractivity (Wildman–Crippen MR) is 92.9 cm³/mol. The molecule has 1 aromatic rings. The maximum Gasteiger partial charge on any atom is 0.323 e. The van der Waals surface area contributed by atoms with E-state index in [0.29, 0.717) is 18.3 Å². The van der Waals surface area contributed by atoms with Gasteiger partial charge in [0.1, 0.15) is 11.8 Å². The first kappa shape index (κ1) is 19.7. The minimum atomic E-state index is -2.54. The van der Waals surface area contributed by atoms with Crippen molar-refractivity contribution in [1.29, 1.82) is 0 Å². The molecule has 0 aromatic heterocycles. The molecule has 1 unspecified atom stereocenters. The van der Waals surface area contributed by atoms with Crippen molar-refractivity contribution in [3.05, 3.63) is 30.3 Å². The molecule has 0 saturated heterocycles. The Morgan fingerprint density at radius 3 is 2.35 bits per heavy atom. The van der Waals surface area contributed by atoms with Gasteiger partial charge >= 0.3 is 14.1 Å². The van der Waals surface area contributed by atoms with Crippen molar-refractivity contribution in [3.8, 4) is 5.75 Å². The summed E-state index contributed by atoms with van der Waals surface area (Å²) in [6.07, 6.45) is 4.26. The summed E-state index contributed by atoms with van der Waals surface area (Å²) in [6, 6.07) is 8.21. The van der Waals surface area contributed by atoms with Crippen LogP contribution in [0.2, 0.25) is 0 Å². The Labute approximate surface area is 139 Å². The molecule has 0 saturated carbocycles. The molecule has 1 N–H and O–H groups in total. The van der Waals surface area contributed by atoms with Crippen LogP contribution in [0.1, 0.15) is 46.5 Å². The average molecular weight is 341 g/mol. The highest BCUT2D eigenvalue weighted by Gasteiger charge is 2.19. The van der Waals surface area contributed by atoms with Crippen LogP contribution in [0, 0.1) is 5.92 Å². The van der Waals surface area contributed by atoms with E-state index in [4.69, 9.17) is 9.26 Å². The maximum absolute atomic E-state index is 12.0. The highest BCUT2D eigenvalue weighted by molar-refractivity contribution is 7.37. The highest BCUT2D eigenvalue weighted by atomic mass is 31.1. The Hall–Kier alpha value is -1.32. The van der Waals surface area contributed by atoms with Gasteiger partial charge in [-0.05, 0) is 37.8 Å². The summed E-state index contributed by atoms with van der Waals surface area (Å²) in [5.74, 6) is 0.520. The van der Waals surface area contributed by atoms with Crippen molar-refractivity contribution in [2.75, 3.05) is 6.61 Å². The van der Waals surface area contributed by atoms with Gasteiger partial charge in [-0.15, -0.1) is 0 Å². The monoisotopic (exact) mass is 341 g/mol. The quantitative estimate of drug-likeness (QED) is 0.483. The first-order chi connectivity index (χ1) is 11.1. The lowest BCUT2D eigenvalue weighted by Gasteiger charge is -2.18. The van der Waals surface area contributed by atoms with E-state index in [2.05, 4.69) is 18.9 Å². The molecule has 2 atom stereocenters. The number of ether oxygens (including phenoxy) is 1. The zero-order valence-corrected chi connectivity index (χ0v) is 15.2. The fourth-order valence-electron chi connectivity index (χ4n) is 2.31. The molecule has 6 heteroatoms. The third-order valence-corrected chi connectivity index (χ3v) is 4.59. The van der Waals surface area contributed by atoms with Gasteiger partial charge in [-0.1, -0.05) is 44.9 Å². The second-order valence-corrected chi connectivity index (χ2v) is 6.71. The lowest BCUT2D eigenvalue weighted by Crippen LogP contribution is -2.32. The second kappa shape index (κ2) is 11.3. The minimum absolute atomic E-state index is 0.391. The molecule has 23 heavy (non-hydrogen) atoms. The van der Waals surface area contributed by atoms with Crippen LogP contribution in [0.25, 0.3) is 0 Å². The van der Waals surface area contributed by atoms with Gasteiger partial charge in [0, 0.05) is 0 Å². The van der Waals surface area contributed by atoms with Crippen LogP contribution in [-0.2, 0) is 14.1 Å². The predicted octanol–water partition coefficient (Wildman–Crippen LogP) is 4.19. The first-order valence-electron chi connectivity index (χ1n) is 8.26. The fourth-order valence-corrected chi connectivity index (χ4v) is 3.19. The van der Waals surface area contributed by atoms with E-state index in [1.165, 1.54) is 0 Å². The maximum atomic E-state index is 12.0. The number of para-hydroxylation sites is 1. The molecule has 5 nitrogen and oxygen atoms in total. The van der Waals surface area contributed by atoms with Gasteiger partial charge in [0.05, 0.1) is 6.61 Å². The van der Waals surface area contributed by atoms with E-state index in [1.54, 1.807) is 31.2 Å².